The molecule has 0 spiro atoms. The fourth-order valence-electron chi connectivity index (χ4n) is 1.72. The average molecular weight is 257 g/mol. The first-order valence-electron chi connectivity index (χ1n) is 5.86. The van der Waals surface area contributed by atoms with Crippen LogP contribution in [0.2, 0.25) is 0 Å². The summed E-state index contributed by atoms with van der Waals surface area (Å²) in [6.45, 7) is 2.11. The predicted molar refractivity (Wildman–Crippen MR) is 78.2 cm³/mol. The van der Waals surface area contributed by atoms with Crippen molar-refractivity contribution in [3.8, 4) is 11.5 Å². The third-order valence-corrected chi connectivity index (χ3v) is 2.91. The summed E-state index contributed by atoms with van der Waals surface area (Å²) in [5.74, 6) is 1.50. The van der Waals surface area contributed by atoms with Crippen LogP contribution in [0.15, 0.2) is 48.5 Å². The minimum atomic E-state index is 0.345. The first-order valence-corrected chi connectivity index (χ1v) is 6.27. The van der Waals surface area contributed by atoms with Gasteiger partial charge in [-0.2, -0.15) is 0 Å². The molecule has 0 aromatic heterocycles. The molecule has 0 aliphatic rings. The summed E-state index contributed by atoms with van der Waals surface area (Å²) in [5, 5.41) is 0. The normalized spacial score (nSPS) is 10.1. The molecule has 2 aromatic rings. The zero-order valence-corrected chi connectivity index (χ0v) is 11.0. The molecule has 0 saturated heterocycles. The van der Waals surface area contributed by atoms with Gasteiger partial charge in [0.2, 0.25) is 0 Å². The summed E-state index contributed by atoms with van der Waals surface area (Å²) in [6.07, 6.45) is 0.980. The van der Waals surface area contributed by atoms with Crippen LogP contribution in [0.1, 0.15) is 18.1 Å². The Hall–Kier alpha value is -1.87. The Morgan fingerprint density at radius 1 is 1.17 bits per heavy atom. The lowest BCUT2D eigenvalue weighted by atomic mass is 10.1. The van der Waals surface area contributed by atoms with Gasteiger partial charge in [0, 0.05) is 0 Å². The van der Waals surface area contributed by atoms with E-state index in [4.69, 9.17) is 22.7 Å². The van der Waals surface area contributed by atoms with Crippen LogP contribution in [-0.4, -0.2) is 4.99 Å². The number of para-hydroxylation sites is 1. The van der Waals surface area contributed by atoms with Crippen LogP contribution in [0.5, 0.6) is 11.5 Å². The highest BCUT2D eigenvalue weighted by atomic mass is 32.1. The molecule has 0 bridgehead atoms. The molecule has 0 aliphatic heterocycles. The fourth-order valence-corrected chi connectivity index (χ4v) is 1.88. The lowest BCUT2D eigenvalue weighted by Gasteiger charge is -2.10. The molecule has 0 radical (unpaired) electrons. The van der Waals surface area contributed by atoms with E-state index in [9.17, 15) is 0 Å². The van der Waals surface area contributed by atoms with E-state index in [2.05, 4.69) is 13.0 Å². The van der Waals surface area contributed by atoms with Gasteiger partial charge in [0.25, 0.3) is 0 Å². The highest BCUT2D eigenvalue weighted by molar-refractivity contribution is 7.80. The Labute approximate surface area is 112 Å². The van der Waals surface area contributed by atoms with Crippen LogP contribution in [0.25, 0.3) is 0 Å². The summed E-state index contributed by atoms with van der Waals surface area (Å²) in [7, 11) is 0. The molecule has 3 heteroatoms. The first kappa shape index (κ1) is 12.6. The maximum absolute atomic E-state index is 5.85. The number of thiocarbonyl (C=S) groups is 1. The quantitative estimate of drug-likeness (QED) is 0.849. The lowest BCUT2D eigenvalue weighted by Crippen LogP contribution is -2.10. The zero-order valence-electron chi connectivity index (χ0n) is 10.2. The molecule has 92 valence electrons. The third kappa shape index (κ3) is 2.87. The molecule has 0 atom stereocenters. The average Bonchev–Trinajstić information content (AvgIpc) is 2.39. The highest BCUT2D eigenvalue weighted by Crippen LogP contribution is 2.25. The van der Waals surface area contributed by atoms with E-state index in [1.807, 2.05) is 42.5 Å². The lowest BCUT2D eigenvalue weighted by molar-refractivity contribution is 0.481. The van der Waals surface area contributed by atoms with Gasteiger partial charge in [0.15, 0.2) is 0 Å². The zero-order chi connectivity index (χ0) is 13.0. The summed E-state index contributed by atoms with van der Waals surface area (Å²) >= 11 is 5.01. The first-order chi connectivity index (χ1) is 8.70. The van der Waals surface area contributed by atoms with Crippen molar-refractivity contribution in [1.29, 1.82) is 0 Å². The summed E-state index contributed by atoms with van der Waals surface area (Å²) < 4.78 is 5.85. The molecule has 0 amide bonds. The van der Waals surface area contributed by atoms with Crippen molar-refractivity contribution in [3.63, 3.8) is 0 Å². The van der Waals surface area contributed by atoms with E-state index in [-0.39, 0.29) is 0 Å². The van der Waals surface area contributed by atoms with Gasteiger partial charge in [-0.25, -0.2) is 0 Å². The Morgan fingerprint density at radius 3 is 2.67 bits per heavy atom. The number of hydrogen-bond acceptors (Lipinski definition) is 2. The van der Waals surface area contributed by atoms with Crippen molar-refractivity contribution in [2.45, 2.75) is 13.3 Å². The Balaban J connectivity index is 2.31. The second kappa shape index (κ2) is 5.65. The molecule has 18 heavy (non-hydrogen) atoms. The fraction of sp³-hybridized carbons (Fsp3) is 0.133. The monoisotopic (exact) mass is 257 g/mol. The van der Waals surface area contributed by atoms with Gasteiger partial charge in [-0.3, -0.25) is 0 Å². The van der Waals surface area contributed by atoms with E-state index < -0.39 is 0 Å². The number of aryl methyl sites for hydroxylation is 1. The van der Waals surface area contributed by atoms with Crippen molar-refractivity contribution in [2.24, 2.45) is 5.73 Å². The molecular weight excluding hydrogens is 242 g/mol. The molecule has 2 rings (SSSR count). The van der Waals surface area contributed by atoms with Crippen LogP contribution in [0.4, 0.5) is 0 Å². The molecule has 0 heterocycles. The molecule has 2 aromatic carbocycles. The minimum Gasteiger partial charge on any atom is -0.457 e. The second-order valence-electron chi connectivity index (χ2n) is 3.96. The van der Waals surface area contributed by atoms with E-state index in [0.29, 0.717) is 10.7 Å². The van der Waals surface area contributed by atoms with Gasteiger partial charge in [-0.15, -0.1) is 0 Å². The largest absolute Gasteiger partial charge is 0.457 e. The van der Waals surface area contributed by atoms with Crippen LogP contribution >= 0.6 is 12.2 Å². The van der Waals surface area contributed by atoms with Crippen molar-refractivity contribution in [3.05, 3.63) is 59.7 Å². The smallest absolute Gasteiger partial charge is 0.137 e. The van der Waals surface area contributed by atoms with Gasteiger partial charge in [0.05, 0.1) is 5.56 Å². The van der Waals surface area contributed by atoms with Gasteiger partial charge in [-0.1, -0.05) is 43.4 Å². The number of nitrogens with two attached hydrogens (primary N) is 1. The molecule has 2 N–H and O–H groups in total. The van der Waals surface area contributed by atoms with Gasteiger partial charge in [-0.05, 0) is 36.2 Å². The predicted octanol–water partition coefficient (Wildman–Crippen LogP) is 3.68. The molecule has 0 aliphatic carbocycles. The SMILES string of the molecule is CCc1cccc(Oc2ccccc2C(N)=S)c1. The van der Waals surface area contributed by atoms with Gasteiger partial charge < -0.3 is 10.5 Å². The van der Waals surface area contributed by atoms with E-state index in [1.165, 1.54) is 5.56 Å². The number of hydrogen-bond donors (Lipinski definition) is 1. The highest BCUT2D eigenvalue weighted by Gasteiger charge is 2.06. The third-order valence-electron chi connectivity index (χ3n) is 2.69. The van der Waals surface area contributed by atoms with Crippen LogP contribution < -0.4 is 10.5 Å². The molecule has 0 saturated carbocycles. The van der Waals surface area contributed by atoms with Crippen LogP contribution in [-0.2, 0) is 6.42 Å². The number of benzene rings is 2. The number of rotatable bonds is 4. The molecule has 0 fully saturated rings. The van der Waals surface area contributed by atoms with Gasteiger partial charge >= 0.3 is 0 Å². The van der Waals surface area contributed by atoms with Crippen LogP contribution in [0, 0.1) is 0 Å². The Kier molecular flexibility index (Phi) is 3.95. The Morgan fingerprint density at radius 2 is 1.94 bits per heavy atom. The molecule has 2 nitrogen and oxygen atoms in total. The van der Waals surface area contributed by atoms with Crippen molar-refractivity contribution < 1.29 is 4.74 Å². The van der Waals surface area contributed by atoms with Crippen molar-refractivity contribution in [2.75, 3.05) is 0 Å². The maximum atomic E-state index is 5.85. The summed E-state index contributed by atoms with van der Waals surface area (Å²) in [6, 6.07) is 15.5. The molecular formula is C15H15NOS. The standard InChI is InChI=1S/C15H15NOS/c1-2-11-6-5-7-12(10-11)17-14-9-4-3-8-13(14)15(16)18/h3-10H,2H2,1H3,(H2,16,18). The van der Waals surface area contributed by atoms with Gasteiger partial charge in [0.1, 0.15) is 16.5 Å². The van der Waals surface area contributed by atoms with E-state index in [0.717, 1.165) is 17.7 Å². The van der Waals surface area contributed by atoms with E-state index >= 15 is 0 Å². The molecule has 0 unspecified atom stereocenters. The van der Waals surface area contributed by atoms with Crippen molar-refractivity contribution >= 4 is 17.2 Å². The Bertz CT molecular complexity index is 566. The minimum absolute atomic E-state index is 0.345. The number of ether oxygens (including phenoxy) is 1. The summed E-state index contributed by atoms with van der Waals surface area (Å²) in [4.78, 5) is 0.345. The topological polar surface area (TPSA) is 35.2 Å². The maximum Gasteiger partial charge on any atom is 0.137 e. The second-order valence-corrected chi connectivity index (χ2v) is 4.40. The summed E-state index contributed by atoms with van der Waals surface area (Å²) in [5.41, 5.74) is 7.67. The van der Waals surface area contributed by atoms with Crippen molar-refractivity contribution in [1.82, 2.24) is 0 Å². The van der Waals surface area contributed by atoms with E-state index in [1.54, 1.807) is 0 Å². The van der Waals surface area contributed by atoms with Crippen LogP contribution in [0.3, 0.4) is 0 Å².